The first-order chi connectivity index (χ1) is 10.2. The van der Waals surface area contributed by atoms with Crippen LogP contribution in [0.1, 0.15) is 30.9 Å². The second kappa shape index (κ2) is 6.03. The number of likely N-dealkylation sites (tertiary alicyclic amines) is 1. The third-order valence-corrected chi connectivity index (χ3v) is 4.15. The summed E-state index contributed by atoms with van der Waals surface area (Å²) in [4.78, 5) is 14.0. The molecule has 114 valence electrons. The number of methoxy groups -OCH3 is 1. The van der Waals surface area contributed by atoms with Crippen molar-refractivity contribution in [2.75, 3.05) is 20.2 Å². The highest BCUT2D eigenvalue weighted by Gasteiger charge is 2.34. The zero-order valence-corrected chi connectivity index (χ0v) is 12.3. The molecule has 1 aliphatic carbocycles. The minimum Gasteiger partial charge on any atom is -0.497 e. The number of carbonyl (C=O) groups excluding carboxylic acids is 1. The van der Waals surface area contributed by atoms with Crippen LogP contribution in [0, 0.1) is 0 Å². The normalized spacial score (nSPS) is 25.8. The van der Waals surface area contributed by atoms with E-state index in [2.05, 4.69) is 10.2 Å². The van der Waals surface area contributed by atoms with Crippen LogP contribution in [0.15, 0.2) is 24.3 Å². The molecular formula is C16H22N2O3. The standard InChI is InChI=1S/C16H22N2O3/c1-21-14-4-2-3-11(7-14)15-8-13(19)9-18(15)10-16(20)17-12-5-6-12/h2-4,7,12-13,15,19H,5-6,8-10H2,1H3,(H,17,20)/t13-,15-/m1/s1. The Labute approximate surface area is 124 Å². The van der Waals surface area contributed by atoms with E-state index in [1.54, 1.807) is 7.11 Å². The van der Waals surface area contributed by atoms with Gasteiger partial charge in [-0.2, -0.15) is 0 Å². The lowest BCUT2D eigenvalue weighted by Crippen LogP contribution is -2.38. The highest BCUT2D eigenvalue weighted by Crippen LogP contribution is 2.33. The van der Waals surface area contributed by atoms with Gasteiger partial charge in [-0.1, -0.05) is 12.1 Å². The molecule has 1 saturated heterocycles. The van der Waals surface area contributed by atoms with Gasteiger partial charge in [0.2, 0.25) is 5.91 Å². The predicted octanol–water partition coefficient (Wildman–Crippen LogP) is 1.08. The molecule has 1 aromatic carbocycles. The second-order valence-corrected chi connectivity index (χ2v) is 5.95. The van der Waals surface area contributed by atoms with Crippen LogP contribution in [0.5, 0.6) is 5.75 Å². The highest BCUT2D eigenvalue weighted by molar-refractivity contribution is 5.78. The van der Waals surface area contributed by atoms with Crippen molar-refractivity contribution in [3.05, 3.63) is 29.8 Å². The maximum Gasteiger partial charge on any atom is 0.234 e. The van der Waals surface area contributed by atoms with Gasteiger partial charge >= 0.3 is 0 Å². The van der Waals surface area contributed by atoms with Crippen LogP contribution >= 0.6 is 0 Å². The van der Waals surface area contributed by atoms with E-state index in [1.807, 2.05) is 24.3 Å². The Kier molecular flexibility index (Phi) is 4.12. The summed E-state index contributed by atoms with van der Waals surface area (Å²) >= 11 is 0. The Hall–Kier alpha value is -1.59. The molecule has 0 bridgehead atoms. The van der Waals surface area contributed by atoms with E-state index in [4.69, 9.17) is 4.74 Å². The monoisotopic (exact) mass is 290 g/mol. The molecule has 1 aromatic rings. The molecule has 2 atom stereocenters. The van der Waals surface area contributed by atoms with Gasteiger partial charge in [0.15, 0.2) is 0 Å². The van der Waals surface area contributed by atoms with E-state index < -0.39 is 0 Å². The van der Waals surface area contributed by atoms with Crippen LogP contribution in [-0.4, -0.2) is 48.3 Å². The lowest BCUT2D eigenvalue weighted by atomic mass is 10.0. The van der Waals surface area contributed by atoms with Crippen LogP contribution < -0.4 is 10.1 Å². The summed E-state index contributed by atoms with van der Waals surface area (Å²) < 4.78 is 5.26. The van der Waals surface area contributed by atoms with Crippen LogP contribution in [0.3, 0.4) is 0 Å². The molecule has 0 unspecified atom stereocenters. The second-order valence-electron chi connectivity index (χ2n) is 5.95. The van der Waals surface area contributed by atoms with Gasteiger partial charge in [0, 0.05) is 18.6 Å². The molecule has 1 aliphatic heterocycles. The lowest BCUT2D eigenvalue weighted by molar-refractivity contribution is -0.122. The summed E-state index contributed by atoms with van der Waals surface area (Å²) in [5.74, 6) is 0.857. The van der Waals surface area contributed by atoms with Crippen molar-refractivity contribution in [3.8, 4) is 5.75 Å². The number of β-amino-alcohol motifs (C(OH)–C–C–N with tert-alkyl or cyclic N) is 1. The van der Waals surface area contributed by atoms with E-state index >= 15 is 0 Å². The van der Waals surface area contributed by atoms with Crippen molar-refractivity contribution >= 4 is 5.91 Å². The van der Waals surface area contributed by atoms with Crippen molar-refractivity contribution in [1.29, 1.82) is 0 Å². The van der Waals surface area contributed by atoms with Gasteiger partial charge in [-0.15, -0.1) is 0 Å². The third-order valence-electron chi connectivity index (χ3n) is 4.15. The Balaban J connectivity index is 1.70. The van der Waals surface area contributed by atoms with E-state index in [0.29, 0.717) is 25.6 Å². The number of aliphatic hydroxyl groups excluding tert-OH is 1. The Bertz CT molecular complexity index is 516. The van der Waals surface area contributed by atoms with Crippen molar-refractivity contribution in [2.24, 2.45) is 0 Å². The van der Waals surface area contributed by atoms with Gasteiger partial charge in [0.05, 0.1) is 19.8 Å². The number of ether oxygens (including phenoxy) is 1. The Morgan fingerprint density at radius 3 is 3.00 bits per heavy atom. The van der Waals surface area contributed by atoms with Crippen molar-refractivity contribution < 1.29 is 14.6 Å². The summed E-state index contributed by atoms with van der Waals surface area (Å²) in [6, 6.07) is 8.30. The fourth-order valence-corrected chi connectivity index (χ4v) is 2.94. The Morgan fingerprint density at radius 2 is 2.29 bits per heavy atom. The van der Waals surface area contributed by atoms with E-state index in [1.165, 1.54) is 0 Å². The van der Waals surface area contributed by atoms with E-state index in [9.17, 15) is 9.90 Å². The van der Waals surface area contributed by atoms with E-state index in [-0.39, 0.29) is 18.1 Å². The topological polar surface area (TPSA) is 61.8 Å². The molecule has 21 heavy (non-hydrogen) atoms. The molecule has 0 spiro atoms. The molecule has 5 heteroatoms. The molecule has 3 rings (SSSR count). The fourth-order valence-electron chi connectivity index (χ4n) is 2.94. The van der Waals surface area contributed by atoms with Crippen LogP contribution in [0.25, 0.3) is 0 Å². The largest absolute Gasteiger partial charge is 0.497 e. The number of hydrogen-bond acceptors (Lipinski definition) is 4. The number of hydrogen-bond donors (Lipinski definition) is 2. The summed E-state index contributed by atoms with van der Waals surface area (Å²) in [5.41, 5.74) is 1.09. The SMILES string of the molecule is COc1cccc([C@H]2C[C@@H](O)CN2CC(=O)NC2CC2)c1. The zero-order chi connectivity index (χ0) is 14.8. The van der Waals surface area contributed by atoms with Crippen molar-refractivity contribution in [2.45, 2.75) is 37.5 Å². The number of rotatable bonds is 5. The summed E-state index contributed by atoms with van der Waals surface area (Å²) in [6.45, 7) is 0.884. The van der Waals surface area contributed by atoms with Gasteiger partial charge < -0.3 is 15.2 Å². The minimum absolute atomic E-state index is 0.0551. The van der Waals surface area contributed by atoms with E-state index in [0.717, 1.165) is 24.2 Å². The average Bonchev–Trinajstić information content (AvgIpc) is 3.20. The molecule has 1 heterocycles. The first-order valence-corrected chi connectivity index (χ1v) is 7.51. The maximum absolute atomic E-state index is 12.0. The molecule has 2 fully saturated rings. The molecule has 1 amide bonds. The predicted molar refractivity (Wildman–Crippen MR) is 79.1 cm³/mol. The highest BCUT2D eigenvalue weighted by atomic mass is 16.5. The number of benzene rings is 1. The lowest BCUT2D eigenvalue weighted by Gasteiger charge is -2.24. The molecular weight excluding hydrogens is 268 g/mol. The third kappa shape index (κ3) is 3.54. The summed E-state index contributed by atoms with van der Waals surface area (Å²) in [5, 5.41) is 13.0. The van der Waals surface area contributed by atoms with Crippen LogP contribution in [0.2, 0.25) is 0 Å². The Morgan fingerprint density at radius 1 is 1.48 bits per heavy atom. The first-order valence-electron chi connectivity index (χ1n) is 7.51. The quantitative estimate of drug-likeness (QED) is 0.852. The van der Waals surface area contributed by atoms with Gasteiger partial charge in [0.1, 0.15) is 5.75 Å². The molecule has 0 aromatic heterocycles. The first kappa shape index (κ1) is 14.4. The molecule has 2 aliphatic rings. The van der Waals surface area contributed by atoms with Gasteiger partial charge in [-0.3, -0.25) is 9.69 Å². The molecule has 5 nitrogen and oxygen atoms in total. The minimum atomic E-state index is -0.380. The molecule has 0 radical (unpaired) electrons. The summed E-state index contributed by atoms with van der Waals surface area (Å²) in [6.07, 6.45) is 2.46. The summed E-state index contributed by atoms with van der Waals surface area (Å²) in [7, 11) is 1.64. The van der Waals surface area contributed by atoms with Crippen LogP contribution in [-0.2, 0) is 4.79 Å². The number of nitrogens with one attached hydrogen (secondary N) is 1. The fraction of sp³-hybridized carbons (Fsp3) is 0.562. The maximum atomic E-state index is 12.0. The van der Waals surface area contributed by atoms with Crippen LogP contribution in [0.4, 0.5) is 0 Å². The number of amides is 1. The smallest absolute Gasteiger partial charge is 0.234 e. The number of aliphatic hydroxyl groups is 1. The van der Waals surface area contributed by atoms with Gasteiger partial charge in [-0.25, -0.2) is 0 Å². The molecule has 1 saturated carbocycles. The zero-order valence-electron chi connectivity index (χ0n) is 12.3. The van der Waals surface area contributed by atoms with Gasteiger partial charge in [-0.05, 0) is 37.0 Å². The van der Waals surface area contributed by atoms with Gasteiger partial charge in [0.25, 0.3) is 0 Å². The number of nitrogens with zero attached hydrogens (tertiary/aromatic N) is 1. The van der Waals surface area contributed by atoms with Crippen molar-refractivity contribution in [1.82, 2.24) is 10.2 Å². The number of carbonyl (C=O) groups is 1. The van der Waals surface area contributed by atoms with Crippen molar-refractivity contribution in [3.63, 3.8) is 0 Å². The molecule has 2 N–H and O–H groups in total. The average molecular weight is 290 g/mol.